The average Bonchev–Trinajstić information content (AvgIpc) is 2.65. The normalized spacial score (nSPS) is 9.88. The fourth-order valence-electron chi connectivity index (χ4n) is 2.31. The number of rotatable bonds is 7. The predicted octanol–water partition coefficient (Wildman–Crippen LogP) is 2.99. The number of amides is 1. The maximum absolute atomic E-state index is 12.3. The molecule has 0 aliphatic heterocycles. The van der Waals surface area contributed by atoms with Crippen LogP contribution in [0.25, 0.3) is 0 Å². The molecule has 7 heteroatoms. The second kappa shape index (κ2) is 9.44. The van der Waals surface area contributed by atoms with E-state index in [1.807, 2.05) is 6.07 Å². The number of benzene rings is 2. The molecule has 134 valence electrons. The molecule has 0 aliphatic rings. The van der Waals surface area contributed by atoms with Gasteiger partial charge in [-0.25, -0.2) is 0 Å². The summed E-state index contributed by atoms with van der Waals surface area (Å²) in [6.45, 7) is -0.596. The van der Waals surface area contributed by atoms with Gasteiger partial charge >= 0.3 is 5.97 Å². The molecule has 2 aromatic carbocycles. The highest BCUT2D eigenvalue weighted by Crippen LogP contribution is 2.23. The maximum Gasteiger partial charge on any atom is 0.310 e. The molecule has 0 spiro atoms. The molecule has 0 heterocycles. The highest BCUT2D eigenvalue weighted by molar-refractivity contribution is 6.30. The second-order valence-corrected chi connectivity index (χ2v) is 5.70. The fraction of sp³-hybridized carbons (Fsp3) is 0.211. The smallest absolute Gasteiger partial charge is 0.310 e. The third-order valence-corrected chi connectivity index (χ3v) is 3.77. The van der Waals surface area contributed by atoms with Gasteiger partial charge in [0.05, 0.1) is 19.6 Å². The predicted molar refractivity (Wildman–Crippen MR) is 97.1 cm³/mol. The minimum atomic E-state index is -0.594. The standard InChI is InChI=1S/C19H17ClN2O4/c1-25-17-8-7-15(20)11-14(17)12-19(24)26-13-18(23)22(10-9-21)16-5-3-2-4-6-16/h2-8,11H,10,12-13H2,1H3. The van der Waals surface area contributed by atoms with Crippen LogP contribution in [0, 0.1) is 11.3 Å². The second-order valence-electron chi connectivity index (χ2n) is 5.27. The Kier molecular flexibility index (Phi) is 7.01. The van der Waals surface area contributed by atoms with Crippen molar-refractivity contribution >= 4 is 29.2 Å². The van der Waals surface area contributed by atoms with Crippen molar-refractivity contribution in [3.8, 4) is 11.8 Å². The van der Waals surface area contributed by atoms with E-state index < -0.39 is 18.5 Å². The molecule has 6 nitrogen and oxygen atoms in total. The number of halogens is 1. The first kappa shape index (κ1) is 19.3. The number of esters is 1. The van der Waals surface area contributed by atoms with Crippen LogP contribution in [-0.4, -0.2) is 32.1 Å². The summed E-state index contributed by atoms with van der Waals surface area (Å²) < 4.78 is 10.2. The summed E-state index contributed by atoms with van der Waals surface area (Å²) in [4.78, 5) is 25.6. The zero-order valence-corrected chi connectivity index (χ0v) is 14.9. The van der Waals surface area contributed by atoms with Gasteiger partial charge in [0.2, 0.25) is 0 Å². The minimum absolute atomic E-state index is 0.0827. The molecule has 0 N–H and O–H groups in total. The number of carbonyl (C=O) groups excluding carboxylic acids is 2. The Balaban J connectivity index is 1.99. The van der Waals surface area contributed by atoms with Gasteiger partial charge in [-0.15, -0.1) is 0 Å². The molecule has 0 fully saturated rings. The Hall–Kier alpha value is -3.04. The van der Waals surface area contributed by atoms with Crippen molar-refractivity contribution in [1.29, 1.82) is 5.26 Å². The Labute approximate surface area is 156 Å². The number of nitriles is 1. The number of nitrogens with zero attached hydrogens (tertiary/aromatic N) is 2. The average molecular weight is 373 g/mol. The van der Waals surface area contributed by atoms with Crippen molar-refractivity contribution in [3.63, 3.8) is 0 Å². The van der Waals surface area contributed by atoms with E-state index in [4.69, 9.17) is 26.3 Å². The van der Waals surface area contributed by atoms with E-state index in [1.54, 1.807) is 48.5 Å². The van der Waals surface area contributed by atoms with Gasteiger partial charge in [0.15, 0.2) is 6.61 Å². The van der Waals surface area contributed by atoms with Crippen LogP contribution in [0.5, 0.6) is 5.75 Å². The molecule has 2 rings (SSSR count). The monoisotopic (exact) mass is 372 g/mol. The number of ether oxygens (including phenoxy) is 2. The molecule has 0 aliphatic carbocycles. The van der Waals surface area contributed by atoms with Crippen LogP contribution in [0.4, 0.5) is 5.69 Å². The Morgan fingerprint density at radius 1 is 1.19 bits per heavy atom. The zero-order valence-electron chi connectivity index (χ0n) is 14.1. The van der Waals surface area contributed by atoms with Crippen molar-refractivity contribution in [1.82, 2.24) is 0 Å². The van der Waals surface area contributed by atoms with E-state index in [-0.39, 0.29) is 13.0 Å². The van der Waals surface area contributed by atoms with Gasteiger partial charge in [0, 0.05) is 16.3 Å². The summed E-state index contributed by atoms with van der Waals surface area (Å²) in [6.07, 6.45) is -0.0827. The lowest BCUT2D eigenvalue weighted by molar-refractivity contribution is -0.147. The van der Waals surface area contributed by atoms with Crippen LogP contribution < -0.4 is 9.64 Å². The molecular formula is C19H17ClN2O4. The molecule has 0 saturated carbocycles. The topological polar surface area (TPSA) is 79.6 Å². The number of para-hydroxylation sites is 1. The van der Waals surface area contributed by atoms with E-state index in [9.17, 15) is 9.59 Å². The highest BCUT2D eigenvalue weighted by atomic mass is 35.5. The summed E-state index contributed by atoms with van der Waals surface area (Å²) in [7, 11) is 1.49. The van der Waals surface area contributed by atoms with Gasteiger partial charge in [-0.1, -0.05) is 29.8 Å². The largest absolute Gasteiger partial charge is 0.496 e. The summed E-state index contributed by atoms with van der Waals surface area (Å²) >= 11 is 5.93. The lowest BCUT2D eigenvalue weighted by Crippen LogP contribution is -2.35. The molecule has 26 heavy (non-hydrogen) atoms. The van der Waals surface area contributed by atoms with Gasteiger partial charge < -0.3 is 9.47 Å². The molecule has 1 amide bonds. The van der Waals surface area contributed by atoms with Gasteiger partial charge in [-0.3, -0.25) is 14.5 Å². The minimum Gasteiger partial charge on any atom is -0.496 e. The third-order valence-electron chi connectivity index (χ3n) is 3.53. The Morgan fingerprint density at radius 3 is 2.58 bits per heavy atom. The van der Waals surface area contributed by atoms with Gasteiger partial charge in [-0.05, 0) is 30.3 Å². The number of anilines is 1. The van der Waals surface area contributed by atoms with Crippen LogP contribution in [0.3, 0.4) is 0 Å². The molecular weight excluding hydrogens is 356 g/mol. The number of methoxy groups -OCH3 is 1. The SMILES string of the molecule is COc1ccc(Cl)cc1CC(=O)OCC(=O)N(CC#N)c1ccccc1. The van der Waals surface area contributed by atoms with Crippen molar-refractivity contribution in [2.75, 3.05) is 25.2 Å². The molecule has 0 bridgehead atoms. The molecule has 2 aromatic rings. The fourth-order valence-corrected chi connectivity index (χ4v) is 2.51. The van der Waals surface area contributed by atoms with E-state index >= 15 is 0 Å². The molecule has 0 atom stereocenters. The Morgan fingerprint density at radius 2 is 1.92 bits per heavy atom. The molecule has 0 aromatic heterocycles. The van der Waals surface area contributed by atoms with Crippen LogP contribution in [0.2, 0.25) is 5.02 Å². The summed E-state index contributed by atoms with van der Waals surface area (Å²) in [5.74, 6) is -0.568. The first-order valence-corrected chi connectivity index (χ1v) is 8.13. The summed E-state index contributed by atoms with van der Waals surface area (Å²) in [6, 6.07) is 15.6. The molecule has 0 unspecified atom stereocenters. The van der Waals surface area contributed by atoms with Gasteiger partial charge in [0.25, 0.3) is 5.91 Å². The highest BCUT2D eigenvalue weighted by Gasteiger charge is 2.18. The maximum atomic E-state index is 12.3. The molecule has 0 radical (unpaired) electrons. The van der Waals surface area contributed by atoms with Crippen molar-refractivity contribution < 1.29 is 19.1 Å². The van der Waals surface area contributed by atoms with Gasteiger partial charge in [-0.2, -0.15) is 5.26 Å². The van der Waals surface area contributed by atoms with E-state index in [0.29, 0.717) is 22.0 Å². The van der Waals surface area contributed by atoms with E-state index in [1.165, 1.54) is 12.0 Å². The summed E-state index contributed by atoms with van der Waals surface area (Å²) in [5, 5.41) is 9.39. The quantitative estimate of drug-likeness (QED) is 0.551. The van der Waals surface area contributed by atoms with Crippen LogP contribution in [0.1, 0.15) is 5.56 Å². The lowest BCUT2D eigenvalue weighted by atomic mass is 10.1. The number of carbonyl (C=O) groups is 2. The molecule has 0 saturated heterocycles. The Bertz CT molecular complexity index is 818. The first-order valence-electron chi connectivity index (χ1n) is 7.75. The third kappa shape index (κ3) is 5.23. The van der Waals surface area contributed by atoms with Crippen LogP contribution in [0.15, 0.2) is 48.5 Å². The summed E-state index contributed by atoms with van der Waals surface area (Å²) in [5.41, 5.74) is 1.13. The van der Waals surface area contributed by atoms with Crippen molar-refractivity contribution in [2.24, 2.45) is 0 Å². The van der Waals surface area contributed by atoms with Crippen molar-refractivity contribution in [2.45, 2.75) is 6.42 Å². The van der Waals surface area contributed by atoms with Crippen molar-refractivity contribution in [3.05, 3.63) is 59.1 Å². The zero-order chi connectivity index (χ0) is 18.9. The van der Waals surface area contributed by atoms with Gasteiger partial charge in [0.1, 0.15) is 12.3 Å². The number of hydrogen-bond acceptors (Lipinski definition) is 5. The number of hydrogen-bond donors (Lipinski definition) is 0. The van der Waals surface area contributed by atoms with E-state index in [0.717, 1.165) is 0 Å². The van der Waals surface area contributed by atoms with E-state index in [2.05, 4.69) is 0 Å². The first-order chi connectivity index (χ1) is 12.5. The van der Waals surface area contributed by atoms with Crippen LogP contribution >= 0.6 is 11.6 Å². The lowest BCUT2D eigenvalue weighted by Gasteiger charge is -2.19. The van der Waals surface area contributed by atoms with Crippen LogP contribution in [-0.2, 0) is 20.7 Å².